The smallest absolute Gasteiger partial charge is 0.326 e. The summed E-state index contributed by atoms with van der Waals surface area (Å²) in [5.74, 6) is -6.11. The summed E-state index contributed by atoms with van der Waals surface area (Å²) in [6.45, 7) is 15.6. The molecule has 0 aromatic heterocycles. The molecule has 1 saturated heterocycles. The third-order valence-corrected chi connectivity index (χ3v) is 13.2. The summed E-state index contributed by atoms with van der Waals surface area (Å²) in [5, 5.41) is 26.9. The molecule has 5 amide bonds. The van der Waals surface area contributed by atoms with Gasteiger partial charge >= 0.3 is 11.9 Å². The van der Waals surface area contributed by atoms with Crippen LogP contribution in [0.25, 0.3) is 0 Å². The Kier molecular flexibility index (Phi) is 24.0. The standard InChI is InChI=1S/C47H78N6O11S/c1-13-29(6)41(52(10)46(60)39(27(2)3)50-45(59)40(28(4)5)51(9)31(8)65)36(63-11)26-37(54)53-24-18-17-21-35(53)42(64-12)30(7)43(57)49-34(25-32-19-15-14-16-20-32)44(58)48-33(47(61)62)22-23-38(55)56/h14-16,19-20,27-31,33-36,39-42,65H,13,17-18,21-26H2,1-12H3,(H,48,58)(H,49,57)(H,50,59)(H,55,56)(H,61,62)/t29-,30+,31?,33?,34-,35-,36+,39-,40-,41-,42+/m0/s1. The second-order valence-electron chi connectivity index (χ2n) is 18.2. The SMILES string of the molecule is CC[C@H](C)[C@@H]([C@@H](CC(=O)N1CCCC[C@H]1[C@H](OC)[C@@H](C)C(=O)N[C@@H](Cc1ccccc1)C(=O)NC(CCC(=O)O)C(=O)O)OC)N(C)C(=O)[C@@H](NC(=O)[C@H](C(C)C)N(C)C(C)S)C(C)C. The van der Waals surface area contributed by atoms with Gasteiger partial charge < -0.3 is 45.4 Å². The highest BCUT2D eigenvalue weighted by Gasteiger charge is 2.43. The molecule has 1 aromatic rings. The van der Waals surface area contributed by atoms with Crippen molar-refractivity contribution >= 4 is 54.1 Å². The number of ether oxygens (including phenoxy) is 2. The molecule has 17 nitrogen and oxygen atoms in total. The summed E-state index contributed by atoms with van der Waals surface area (Å²) in [7, 11) is 6.49. The minimum Gasteiger partial charge on any atom is -0.481 e. The van der Waals surface area contributed by atoms with Crippen molar-refractivity contribution < 1.29 is 53.2 Å². The average Bonchev–Trinajstić information content (AvgIpc) is 3.25. The van der Waals surface area contributed by atoms with Crippen LogP contribution in [0.15, 0.2) is 30.3 Å². The molecule has 2 rings (SSSR count). The largest absolute Gasteiger partial charge is 0.481 e. The van der Waals surface area contributed by atoms with Crippen LogP contribution in [0.4, 0.5) is 0 Å². The van der Waals surface area contributed by atoms with Gasteiger partial charge in [0.05, 0.1) is 48.0 Å². The average molecular weight is 935 g/mol. The Labute approximate surface area is 391 Å². The normalized spacial score (nSPS) is 18.9. The van der Waals surface area contributed by atoms with Crippen LogP contribution in [0, 0.1) is 23.7 Å². The number of hydrogen-bond donors (Lipinski definition) is 6. The number of rotatable bonds is 27. The number of likely N-dealkylation sites (N-methyl/N-ethyl adjacent to an activating group) is 2. The maximum absolute atomic E-state index is 14.5. The fraction of sp³-hybridized carbons (Fsp3) is 0.723. The molecule has 0 aliphatic carbocycles. The van der Waals surface area contributed by atoms with Gasteiger partial charge in [0.25, 0.3) is 0 Å². The zero-order valence-corrected chi connectivity index (χ0v) is 41.5. The zero-order valence-electron chi connectivity index (χ0n) is 40.6. The van der Waals surface area contributed by atoms with Crippen LogP contribution < -0.4 is 16.0 Å². The molecular weight excluding hydrogens is 857 g/mol. The van der Waals surface area contributed by atoms with Crippen molar-refractivity contribution in [3.8, 4) is 0 Å². The van der Waals surface area contributed by atoms with Crippen molar-refractivity contribution in [3.05, 3.63) is 35.9 Å². The number of nitrogens with zero attached hydrogens (tertiary/aromatic N) is 3. The van der Waals surface area contributed by atoms with Crippen molar-refractivity contribution in [1.82, 2.24) is 30.7 Å². The van der Waals surface area contributed by atoms with Crippen LogP contribution in [-0.4, -0.2) is 155 Å². The van der Waals surface area contributed by atoms with Crippen LogP contribution in [0.5, 0.6) is 0 Å². The summed E-state index contributed by atoms with van der Waals surface area (Å²) < 4.78 is 12.1. The fourth-order valence-electron chi connectivity index (χ4n) is 8.79. The summed E-state index contributed by atoms with van der Waals surface area (Å²) in [4.78, 5) is 98.9. The number of likely N-dealkylation sites (tertiary alicyclic amines) is 1. The van der Waals surface area contributed by atoms with E-state index >= 15 is 0 Å². The Hall–Kier alpha value is -4.26. The minimum atomic E-state index is -1.50. The zero-order chi connectivity index (χ0) is 49.3. The number of benzene rings is 1. The molecule has 0 radical (unpaired) electrons. The Bertz CT molecular complexity index is 1720. The van der Waals surface area contributed by atoms with E-state index in [1.165, 1.54) is 14.2 Å². The van der Waals surface area contributed by atoms with Crippen molar-refractivity contribution in [2.75, 3.05) is 34.9 Å². The van der Waals surface area contributed by atoms with Gasteiger partial charge in [-0.2, -0.15) is 12.6 Å². The Balaban J connectivity index is 2.39. The van der Waals surface area contributed by atoms with Gasteiger partial charge in [-0.25, -0.2) is 4.79 Å². The van der Waals surface area contributed by atoms with Gasteiger partial charge in [-0.05, 0) is 63.0 Å². The third kappa shape index (κ3) is 16.5. The first kappa shape index (κ1) is 56.9. The first-order chi connectivity index (χ1) is 30.5. The van der Waals surface area contributed by atoms with E-state index in [0.717, 1.165) is 6.42 Å². The van der Waals surface area contributed by atoms with Gasteiger partial charge in [-0.3, -0.25) is 33.7 Å². The number of hydrogen-bond acceptors (Lipinski definition) is 11. The molecule has 5 N–H and O–H groups in total. The van der Waals surface area contributed by atoms with Crippen molar-refractivity contribution in [2.24, 2.45) is 23.7 Å². The lowest BCUT2D eigenvalue weighted by Gasteiger charge is -2.43. The van der Waals surface area contributed by atoms with E-state index < -0.39 is 84.6 Å². The Morgan fingerprint density at radius 1 is 0.831 bits per heavy atom. The van der Waals surface area contributed by atoms with Crippen LogP contribution in [0.3, 0.4) is 0 Å². The van der Waals surface area contributed by atoms with Crippen molar-refractivity contribution in [1.29, 1.82) is 0 Å². The number of carboxylic acids is 2. The predicted molar refractivity (Wildman–Crippen MR) is 251 cm³/mol. The van der Waals surface area contributed by atoms with Gasteiger partial charge in [0.1, 0.15) is 18.1 Å². The van der Waals surface area contributed by atoms with E-state index in [0.29, 0.717) is 31.4 Å². The summed E-state index contributed by atoms with van der Waals surface area (Å²) in [5.41, 5.74) is 0.692. The van der Waals surface area contributed by atoms with Gasteiger partial charge in [0.2, 0.25) is 29.5 Å². The van der Waals surface area contributed by atoms with Crippen LogP contribution >= 0.6 is 12.6 Å². The van der Waals surface area contributed by atoms with E-state index in [2.05, 4.69) is 28.6 Å². The summed E-state index contributed by atoms with van der Waals surface area (Å²) >= 11 is 4.54. The fourth-order valence-corrected chi connectivity index (χ4v) is 8.94. The minimum absolute atomic E-state index is 0.0181. The Morgan fingerprint density at radius 3 is 1.95 bits per heavy atom. The molecule has 2 unspecified atom stereocenters. The quantitative estimate of drug-likeness (QED) is 0.0548. The molecule has 1 aliphatic heterocycles. The monoisotopic (exact) mass is 935 g/mol. The van der Waals surface area contributed by atoms with E-state index in [1.807, 2.05) is 60.4 Å². The maximum atomic E-state index is 14.5. The number of carbonyl (C=O) groups is 7. The highest BCUT2D eigenvalue weighted by molar-refractivity contribution is 7.80. The number of carboxylic acid groups (broad SMARTS) is 2. The van der Waals surface area contributed by atoms with E-state index in [-0.39, 0.29) is 60.1 Å². The lowest BCUT2D eigenvalue weighted by Crippen LogP contribution is -2.60. The summed E-state index contributed by atoms with van der Waals surface area (Å²) in [6, 6.07) is 3.66. The first-order valence-corrected chi connectivity index (χ1v) is 23.4. The molecule has 0 spiro atoms. The highest BCUT2D eigenvalue weighted by atomic mass is 32.1. The molecule has 368 valence electrons. The number of piperidine rings is 1. The number of methoxy groups -OCH3 is 2. The molecular formula is C47H78N6O11S. The number of carbonyl (C=O) groups excluding carboxylic acids is 5. The lowest BCUT2D eigenvalue weighted by molar-refractivity contribution is -0.151. The molecule has 65 heavy (non-hydrogen) atoms. The molecule has 0 saturated carbocycles. The highest BCUT2D eigenvalue weighted by Crippen LogP contribution is 2.29. The number of nitrogens with one attached hydrogen (secondary N) is 3. The second-order valence-corrected chi connectivity index (χ2v) is 19.0. The van der Waals surface area contributed by atoms with Gasteiger partial charge in [0.15, 0.2) is 0 Å². The van der Waals surface area contributed by atoms with E-state index in [1.54, 1.807) is 54.1 Å². The van der Waals surface area contributed by atoms with Crippen molar-refractivity contribution in [2.45, 2.75) is 161 Å². The number of aliphatic carboxylic acids is 2. The summed E-state index contributed by atoms with van der Waals surface area (Å²) in [6.07, 6.45) is 0.220. The third-order valence-electron chi connectivity index (χ3n) is 12.8. The van der Waals surface area contributed by atoms with Gasteiger partial charge in [-0.1, -0.05) is 85.2 Å². The van der Waals surface area contributed by atoms with Gasteiger partial charge in [0, 0.05) is 40.7 Å². The lowest BCUT2D eigenvalue weighted by atomic mass is 9.87. The molecule has 0 bridgehead atoms. The second kappa shape index (κ2) is 27.4. The maximum Gasteiger partial charge on any atom is 0.326 e. The molecule has 1 aliphatic rings. The molecule has 1 heterocycles. The molecule has 1 fully saturated rings. The van der Waals surface area contributed by atoms with Crippen LogP contribution in [0.1, 0.15) is 106 Å². The molecule has 11 atom stereocenters. The Morgan fingerprint density at radius 2 is 1.45 bits per heavy atom. The molecule has 1 aromatic carbocycles. The number of amides is 5. The molecule has 18 heteroatoms. The van der Waals surface area contributed by atoms with Crippen LogP contribution in [0.2, 0.25) is 0 Å². The van der Waals surface area contributed by atoms with E-state index in [4.69, 9.17) is 14.6 Å². The topological polar surface area (TPSA) is 224 Å². The van der Waals surface area contributed by atoms with Crippen molar-refractivity contribution in [3.63, 3.8) is 0 Å². The predicted octanol–water partition coefficient (Wildman–Crippen LogP) is 3.83. The van der Waals surface area contributed by atoms with Crippen LogP contribution in [-0.2, 0) is 49.5 Å². The number of thiol groups is 1. The first-order valence-electron chi connectivity index (χ1n) is 22.9. The van der Waals surface area contributed by atoms with E-state index in [9.17, 15) is 38.7 Å². The van der Waals surface area contributed by atoms with Gasteiger partial charge in [-0.15, -0.1) is 0 Å².